The molecule has 0 amide bonds. The van der Waals surface area contributed by atoms with Gasteiger partial charge in [0, 0.05) is 68.3 Å². The number of rotatable bonds is 28. The van der Waals surface area contributed by atoms with E-state index in [2.05, 4.69) is 315 Å². The summed E-state index contributed by atoms with van der Waals surface area (Å²) in [5.41, 5.74) is 22.2. The van der Waals surface area contributed by atoms with Gasteiger partial charge in [0.2, 0.25) is 0 Å². The molecule has 0 saturated carbocycles. The molecule has 8 nitrogen and oxygen atoms in total. The number of para-hydroxylation sites is 2. The standard InChI is InChI=1S/C93H86N2O6S2/c1-5-90(61-98-62-90)65-102-80-49-35-70(36-50-80)92(68-31-45-78(46-32-68)100-57-55-96-7-3)86-25-17-15-23-82(86)84-53-43-76(59-88(84)92)94(72-19-11-9-12-20-72)74-39-27-66(28-40-74)67-29-41-75(42-30-67)95(73-21-13-10-14-22-73)77-44-54-85-83-24-16-18-26-87(83)93(89(85)60-77,69-33-47-79(48-34-69)101-58-56-97-8-4)71-37-51-81(52-38-71)103-91(6-2)63-99-64-91/h9-54,59-60H,5-8,55-58,61-65H2,1-4H3. The number of hydrogen-bond donors (Lipinski definition) is 0. The summed E-state index contributed by atoms with van der Waals surface area (Å²) in [6.45, 7) is 15.2. The lowest BCUT2D eigenvalue weighted by Crippen LogP contribution is -2.45. The molecule has 0 N–H and O–H groups in total. The van der Waals surface area contributed by atoms with E-state index in [1.165, 1.54) is 76.6 Å². The first-order valence-corrected chi connectivity index (χ1v) is 38.3. The van der Waals surface area contributed by atoms with Gasteiger partial charge >= 0.3 is 0 Å². The van der Waals surface area contributed by atoms with E-state index in [-0.39, 0.29) is 10.2 Å². The maximum absolute atomic E-state index is 6.26. The first kappa shape index (κ1) is 67.8. The summed E-state index contributed by atoms with van der Waals surface area (Å²) in [4.78, 5) is 7.33. The van der Waals surface area contributed by atoms with Crippen LogP contribution in [0.15, 0.2) is 301 Å². The van der Waals surface area contributed by atoms with Gasteiger partial charge in [-0.25, -0.2) is 0 Å². The summed E-state index contributed by atoms with van der Waals surface area (Å²) in [6.07, 6.45) is 2.17. The lowest BCUT2D eigenvalue weighted by Gasteiger charge is -2.40. The molecule has 103 heavy (non-hydrogen) atoms. The van der Waals surface area contributed by atoms with Crippen LogP contribution in [0.4, 0.5) is 34.1 Å². The molecule has 2 unspecified atom stereocenters. The summed E-state index contributed by atoms with van der Waals surface area (Å²) in [5.74, 6) is 2.68. The lowest BCUT2D eigenvalue weighted by molar-refractivity contribution is -0.0994. The Labute approximate surface area is 615 Å². The highest BCUT2D eigenvalue weighted by Gasteiger charge is 2.49. The average molecular weight is 1390 g/mol. The minimum atomic E-state index is -0.661. The van der Waals surface area contributed by atoms with Crippen molar-refractivity contribution in [3.8, 4) is 44.9 Å². The van der Waals surface area contributed by atoms with Crippen molar-refractivity contribution in [3.05, 3.63) is 336 Å². The van der Waals surface area contributed by atoms with Crippen LogP contribution in [0.2, 0.25) is 0 Å². The molecule has 10 heteroatoms. The van der Waals surface area contributed by atoms with Gasteiger partial charge in [-0.3, -0.25) is 0 Å². The van der Waals surface area contributed by atoms with Gasteiger partial charge in [-0.05, 0) is 226 Å². The van der Waals surface area contributed by atoms with Crippen LogP contribution in [0.25, 0.3) is 33.4 Å². The first-order chi connectivity index (χ1) is 50.8. The Morgan fingerprint density at radius 3 is 1.11 bits per heavy atom. The number of nitrogens with zero attached hydrogens (tertiary/aromatic N) is 2. The fourth-order valence-corrected chi connectivity index (χ4v) is 18.3. The third kappa shape index (κ3) is 12.7. The van der Waals surface area contributed by atoms with Crippen LogP contribution in [0.3, 0.4) is 0 Å². The van der Waals surface area contributed by atoms with Crippen LogP contribution < -0.4 is 19.3 Å². The van der Waals surface area contributed by atoms with Gasteiger partial charge in [-0.2, -0.15) is 0 Å². The summed E-state index contributed by atoms with van der Waals surface area (Å²) < 4.78 is 35.4. The second kappa shape index (κ2) is 29.6. The van der Waals surface area contributed by atoms with E-state index in [4.69, 9.17) is 28.4 Å². The molecule has 516 valence electrons. The molecule has 2 fully saturated rings. The van der Waals surface area contributed by atoms with Crippen LogP contribution in [0.5, 0.6) is 11.5 Å². The minimum Gasteiger partial charge on any atom is -0.491 e. The largest absolute Gasteiger partial charge is 0.491 e. The molecule has 16 rings (SSSR count). The zero-order valence-corrected chi connectivity index (χ0v) is 60.7. The van der Waals surface area contributed by atoms with Crippen LogP contribution in [0.1, 0.15) is 85.0 Å². The smallest absolute Gasteiger partial charge is 0.119 e. The quantitative estimate of drug-likeness (QED) is 0.0350. The highest BCUT2D eigenvalue weighted by molar-refractivity contribution is 8.00. The van der Waals surface area contributed by atoms with Crippen LogP contribution in [-0.2, 0) is 29.8 Å². The summed E-state index contributed by atoms with van der Waals surface area (Å²) in [5, 5.41) is 0. The monoisotopic (exact) mass is 1390 g/mol. The number of hydrogen-bond acceptors (Lipinski definition) is 10. The Morgan fingerprint density at radius 1 is 0.340 bits per heavy atom. The van der Waals surface area contributed by atoms with Crippen molar-refractivity contribution in [3.63, 3.8) is 0 Å². The number of thioether (sulfide) groups is 2. The van der Waals surface area contributed by atoms with Crippen LogP contribution in [0, 0.1) is 5.41 Å². The molecule has 0 spiro atoms. The molecule has 0 radical (unpaired) electrons. The number of anilines is 6. The van der Waals surface area contributed by atoms with Crippen molar-refractivity contribution in [1.82, 2.24) is 0 Å². The Bertz CT molecular complexity index is 4880. The third-order valence-corrected chi connectivity index (χ3v) is 24.4. The van der Waals surface area contributed by atoms with E-state index in [0.717, 1.165) is 102 Å². The SMILES string of the molecule is CCOCCOc1ccc(C2(c3ccc(SCC4(CC)COC4)cc3)c3ccccc3-c3ccc(N(c4ccccc4)c4ccc(-c5ccc(N(c6ccccc6)c6ccc7c(c6)C(c6ccc(OCCOCC)cc6)(c6ccc(SC8(CC)COC8)cc6)c6ccccc6-7)cc5)cc4)cc32)cc1. The molecule has 12 aromatic carbocycles. The molecular weight excluding hydrogens is 1310 g/mol. The molecule has 2 saturated heterocycles. The molecule has 4 aliphatic rings. The van der Waals surface area contributed by atoms with Gasteiger partial charge in [-0.15, -0.1) is 23.5 Å². The molecule has 0 aromatic heterocycles. The predicted molar refractivity (Wildman–Crippen MR) is 424 cm³/mol. The molecule has 2 aliphatic heterocycles. The topological polar surface area (TPSA) is 61.9 Å². The first-order valence-electron chi connectivity index (χ1n) is 36.5. The minimum absolute atomic E-state index is 0.108. The zero-order valence-electron chi connectivity index (χ0n) is 59.1. The van der Waals surface area contributed by atoms with E-state index >= 15 is 0 Å². The van der Waals surface area contributed by atoms with Gasteiger partial charge in [0.1, 0.15) is 24.7 Å². The second-order valence-corrected chi connectivity index (χ2v) is 30.0. The van der Waals surface area contributed by atoms with Crippen LogP contribution >= 0.6 is 23.5 Å². The molecule has 2 atom stereocenters. The van der Waals surface area contributed by atoms with E-state index in [0.29, 0.717) is 39.6 Å². The maximum Gasteiger partial charge on any atom is 0.119 e. The number of fused-ring (bicyclic) bond motifs is 6. The van der Waals surface area contributed by atoms with E-state index in [1.54, 1.807) is 0 Å². The predicted octanol–water partition coefficient (Wildman–Crippen LogP) is 22.6. The fraction of sp³-hybridized carbons (Fsp3) is 0.226. The number of benzene rings is 12. The van der Waals surface area contributed by atoms with Crippen molar-refractivity contribution in [2.45, 2.75) is 65.9 Å². The Balaban J connectivity index is 0.751. The third-order valence-electron chi connectivity index (χ3n) is 21.6. The normalized spacial score (nSPS) is 17.0. The highest BCUT2D eigenvalue weighted by atomic mass is 32.2. The van der Waals surface area contributed by atoms with E-state index < -0.39 is 10.8 Å². The van der Waals surface area contributed by atoms with Gasteiger partial charge in [-0.1, -0.05) is 184 Å². The zero-order chi connectivity index (χ0) is 69.8. The van der Waals surface area contributed by atoms with E-state index in [1.807, 2.05) is 37.4 Å². The van der Waals surface area contributed by atoms with Crippen molar-refractivity contribution in [2.75, 3.05) is 81.6 Å². The van der Waals surface area contributed by atoms with E-state index in [9.17, 15) is 0 Å². The van der Waals surface area contributed by atoms with Crippen molar-refractivity contribution >= 4 is 57.6 Å². The molecule has 12 aromatic rings. The van der Waals surface area contributed by atoms with Gasteiger partial charge in [0.15, 0.2) is 0 Å². The van der Waals surface area contributed by atoms with Gasteiger partial charge in [0.25, 0.3) is 0 Å². The molecule has 2 heterocycles. The Kier molecular flexibility index (Phi) is 19.5. The summed E-state index contributed by atoms with van der Waals surface area (Å²) in [7, 11) is 0. The summed E-state index contributed by atoms with van der Waals surface area (Å²) in [6, 6.07) is 108. The Morgan fingerprint density at radius 2 is 0.718 bits per heavy atom. The Hall–Kier alpha value is -9.62. The molecule has 2 aliphatic carbocycles. The fourth-order valence-electron chi connectivity index (χ4n) is 15.9. The molecule has 0 bridgehead atoms. The second-order valence-electron chi connectivity index (χ2n) is 27.4. The van der Waals surface area contributed by atoms with Gasteiger partial charge in [0.05, 0.1) is 55.2 Å². The van der Waals surface area contributed by atoms with Crippen molar-refractivity contribution < 1.29 is 28.4 Å². The maximum atomic E-state index is 6.26. The number of ether oxygens (including phenoxy) is 6. The van der Waals surface area contributed by atoms with Gasteiger partial charge < -0.3 is 38.2 Å². The van der Waals surface area contributed by atoms with Crippen molar-refractivity contribution in [2.24, 2.45) is 5.41 Å². The average Bonchev–Trinajstić information content (AvgIpc) is 1.55. The lowest BCUT2D eigenvalue weighted by atomic mass is 9.67. The van der Waals surface area contributed by atoms with Crippen LogP contribution in [-0.4, -0.2) is 76.6 Å². The van der Waals surface area contributed by atoms with Crippen molar-refractivity contribution in [1.29, 1.82) is 0 Å². The summed E-state index contributed by atoms with van der Waals surface area (Å²) >= 11 is 3.89. The highest BCUT2D eigenvalue weighted by Crippen LogP contribution is 2.60. The molecular formula is C93H86N2O6S2.